The molecule has 0 aliphatic rings. The van der Waals surface area contributed by atoms with E-state index in [4.69, 9.17) is 15.1 Å². The summed E-state index contributed by atoms with van der Waals surface area (Å²) in [7, 11) is 0. The van der Waals surface area contributed by atoms with Crippen LogP contribution in [0, 0.1) is 11.3 Å². The lowest BCUT2D eigenvalue weighted by Gasteiger charge is -2.09. The van der Waals surface area contributed by atoms with Crippen molar-refractivity contribution in [1.29, 1.82) is 5.26 Å². The minimum atomic E-state index is -0.272. The number of aromatic nitrogens is 1. The summed E-state index contributed by atoms with van der Waals surface area (Å²) in [6.45, 7) is 1.89. The van der Waals surface area contributed by atoms with Crippen molar-refractivity contribution in [2.75, 3.05) is 18.5 Å². The number of hydrogen-bond acceptors (Lipinski definition) is 5. The fraction of sp³-hybridized carbons (Fsp3) is 0.417. The van der Waals surface area contributed by atoms with Gasteiger partial charge in [-0.15, -0.1) is 0 Å². The number of anilines is 1. The number of ether oxygens (including phenoxy) is 1. The van der Waals surface area contributed by atoms with Gasteiger partial charge in [-0.25, -0.2) is 4.98 Å². The SMILES string of the molecule is C[C@H](CO)OCCC(=O)Nc1ccc(C#N)cn1. The van der Waals surface area contributed by atoms with E-state index in [1.165, 1.54) is 6.20 Å². The Morgan fingerprint density at radius 2 is 2.44 bits per heavy atom. The standard InChI is InChI=1S/C12H15N3O3/c1-9(8-16)18-5-4-12(17)15-11-3-2-10(6-13)7-14-11/h2-3,7,9,16H,4-5,8H2,1H3,(H,14,15,17)/t9-/m1/s1. The summed E-state index contributed by atoms with van der Waals surface area (Å²) in [5, 5.41) is 19.9. The Kier molecular flexibility index (Phi) is 5.77. The van der Waals surface area contributed by atoms with E-state index in [0.717, 1.165) is 0 Å². The Hall–Kier alpha value is -1.97. The highest BCUT2D eigenvalue weighted by atomic mass is 16.5. The number of amides is 1. The number of aliphatic hydroxyl groups is 1. The average molecular weight is 249 g/mol. The molecule has 0 fully saturated rings. The van der Waals surface area contributed by atoms with Gasteiger partial charge in [0.2, 0.25) is 5.91 Å². The predicted molar refractivity (Wildman–Crippen MR) is 64.7 cm³/mol. The molecule has 0 aliphatic carbocycles. The van der Waals surface area contributed by atoms with Crippen LogP contribution in [0.5, 0.6) is 0 Å². The summed E-state index contributed by atoms with van der Waals surface area (Å²) in [5.41, 5.74) is 0.438. The summed E-state index contributed by atoms with van der Waals surface area (Å²) in [6, 6.07) is 5.08. The maximum absolute atomic E-state index is 11.5. The minimum absolute atomic E-state index is 0.0706. The van der Waals surface area contributed by atoms with Gasteiger partial charge in [0.05, 0.1) is 31.3 Å². The first-order valence-electron chi connectivity index (χ1n) is 5.54. The molecule has 0 unspecified atom stereocenters. The Balaban J connectivity index is 2.33. The third kappa shape index (κ3) is 4.91. The molecule has 0 saturated carbocycles. The Labute approximate surface area is 105 Å². The lowest BCUT2D eigenvalue weighted by atomic mass is 10.3. The van der Waals surface area contributed by atoms with Crippen molar-refractivity contribution < 1.29 is 14.6 Å². The van der Waals surface area contributed by atoms with Gasteiger partial charge in [0, 0.05) is 6.20 Å². The normalized spacial score (nSPS) is 11.6. The Morgan fingerprint density at radius 3 is 3.00 bits per heavy atom. The average Bonchev–Trinajstić information content (AvgIpc) is 2.39. The van der Waals surface area contributed by atoms with Crippen molar-refractivity contribution in [1.82, 2.24) is 4.98 Å². The summed E-state index contributed by atoms with van der Waals surface area (Å²) >= 11 is 0. The molecule has 6 heteroatoms. The van der Waals surface area contributed by atoms with Gasteiger partial charge in [-0.2, -0.15) is 5.26 Å². The molecule has 2 N–H and O–H groups in total. The summed E-state index contributed by atoms with van der Waals surface area (Å²) in [4.78, 5) is 15.4. The van der Waals surface area contributed by atoms with Gasteiger partial charge in [-0.3, -0.25) is 4.79 Å². The van der Waals surface area contributed by atoms with E-state index in [1.54, 1.807) is 19.1 Å². The molecule has 1 heterocycles. The molecule has 1 atom stereocenters. The quantitative estimate of drug-likeness (QED) is 0.773. The van der Waals surface area contributed by atoms with Crippen LogP contribution in [0.15, 0.2) is 18.3 Å². The molecule has 6 nitrogen and oxygen atoms in total. The van der Waals surface area contributed by atoms with Crippen LogP contribution in [0.4, 0.5) is 5.82 Å². The third-order valence-electron chi connectivity index (χ3n) is 2.15. The van der Waals surface area contributed by atoms with E-state index in [9.17, 15) is 4.79 Å². The summed E-state index contributed by atoms with van der Waals surface area (Å²) < 4.78 is 5.16. The first kappa shape index (κ1) is 14.1. The molecule has 1 aromatic heterocycles. The van der Waals surface area contributed by atoms with Crippen LogP contribution in [-0.2, 0) is 9.53 Å². The summed E-state index contributed by atoms with van der Waals surface area (Å²) in [5.74, 6) is 0.173. The number of nitriles is 1. The van der Waals surface area contributed by atoms with Crippen molar-refractivity contribution >= 4 is 11.7 Å². The molecule has 0 bridgehead atoms. The second-order valence-electron chi connectivity index (χ2n) is 3.71. The first-order valence-corrected chi connectivity index (χ1v) is 5.54. The first-order chi connectivity index (χ1) is 8.65. The molecule has 1 aromatic rings. The lowest BCUT2D eigenvalue weighted by molar-refractivity contribution is -0.117. The van der Waals surface area contributed by atoms with Gasteiger partial charge in [0.1, 0.15) is 11.9 Å². The fourth-order valence-corrected chi connectivity index (χ4v) is 1.14. The third-order valence-corrected chi connectivity index (χ3v) is 2.15. The minimum Gasteiger partial charge on any atom is -0.394 e. The van der Waals surface area contributed by atoms with E-state index < -0.39 is 0 Å². The van der Waals surface area contributed by atoms with Crippen molar-refractivity contribution in [2.24, 2.45) is 0 Å². The number of hydrogen-bond donors (Lipinski definition) is 2. The van der Waals surface area contributed by atoms with E-state index in [2.05, 4.69) is 10.3 Å². The van der Waals surface area contributed by atoms with E-state index in [1.807, 2.05) is 6.07 Å². The highest BCUT2D eigenvalue weighted by Crippen LogP contribution is 2.04. The van der Waals surface area contributed by atoms with E-state index in [-0.39, 0.29) is 31.6 Å². The lowest BCUT2D eigenvalue weighted by Crippen LogP contribution is -2.19. The number of pyridine rings is 1. The van der Waals surface area contributed by atoms with Crippen LogP contribution in [0.2, 0.25) is 0 Å². The summed E-state index contributed by atoms with van der Waals surface area (Å²) in [6.07, 6.45) is 1.30. The zero-order valence-corrected chi connectivity index (χ0v) is 10.1. The van der Waals surface area contributed by atoms with Crippen LogP contribution in [0.1, 0.15) is 18.9 Å². The number of aliphatic hydroxyl groups excluding tert-OH is 1. The van der Waals surface area contributed by atoms with Gasteiger partial charge in [0.15, 0.2) is 0 Å². The maximum Gasteiger partial charge on any atom is 0.227 e. The van der Waals surface area contributed by atoms with E-state index in [0.29, 0.717) is 11.4 Å². The van der Waals surface area contributed by atoms with Crippen molar-refractivity contribution in [3.63, 3.8) is 0 Å². The van der Waals surface area contributed by atoms with Gasteiger partial charge in [0.25, 0.3) is 0 Å². The molecule has 0 saturated heterocycles. The number of rotatable bonds is 6. The molecular weight excluding hydrogens is 234 g/mol. The number of nitrogens with zero attached hydrogens (tertiary/aromatic N) is 2. The van der Waals surface area contributed by atoms with Gasteiger partial charge >= 0.3 is 0 Å². The zero-order chi connectivity index (χ0) is 13.4. The van der Waals surface area contributed by atoms with Crippen LogP contribution in [0.3, 0.4) is 0 Å². The molecule has 0 spiro atoms. The predicted octanol–water partition coefficient (Wildman–Crippen LogP) is 0.679. The Bertz CT molecular complexity index is 425. The van der Waals surface area contributed by atoms with Crippen molar-refractivity contribution in [2.45, 2.75) is 19.4 Å². The largest absolute Gasteiger partial charge is 0.394 e. The van der Waals surface area contributed by atoms with Crippen molar-refractivity contribution in [3.8, 4) is 6.07 Å². The molecule has 0 aliphatic heterocycles. The van der Waals surface area contributed by atoms with Crippen LogP contribution >= 0.6 is 0 Å². The van der Waals surface area contributed by atoms with Gasteiger partial charge in [-0.05, 0) is 19.1 Å². The molecule has 18 heavy (non-hydrogen) atoms. The van der Waals surface area contributed by atoms with Gasteiger partial charge in [-0.1, -0.05) is 0 Å². The number of nitrogens with one attached hydrogen (secondary N) is 1. The second kappa shape index (κ2) is 7.37. The molecule has 0 radical (unpaired) electrons. The van der Waals surface area contributed by atoms with E-state index >= 15 is 0 Å². The molecule has 0 aromatic carbocycles. The number of carbonyl (C=O) groups is 1. The second-order valence-corrected chi connectivity index (χ2v) is 3.71. The fourth-order valence-electron chi connectivity index (χ4n) is 1.14. The van der Waals surface area contributed by atoms with Crippen LogP contribution < -0.4 is 5.32 Å². The smallest absolute Gasteiger partial charge is 0.227 e. The molecule has 96 valence electrons. The number of carbonyl (C=O) groups excluding carboxylic acids is 1. The molecule has 1 rings (SSSR count). The Morgan fingerprint density at radius 1 is 1.67 bits per heavy atom. The monoisotopic (exact) mass is 249 g/mol. The maximum atomic E-state index is 11.5. The van der Waals surface area contributed by atoms with Crippen LogP contribution in [-0.4, -0.2) is 35.3 Å². The highest BCUT2D eigenvalue weighted by molar-refractivity contribution is 5.89. The molecular formula is C12H15N3O3. The molecule has 1 amide bonds. The van der Waals surface area contributed by atoms with Crippen LogP contribution in [0.25, 0.3) is 0 Å². The topological polar surface area (TPSA) is 95.2 Å². The highest BCUT2D eigenvalue weighted by Gasteiger charge is 2.05. The zero-order valence-electron chi connectivity index (χ0n) is 10.1. The van der Waals surface area contributed by atoms with Crippen molar-refractivity contribution in [3.05, 3.63) is 23.9 Å². The van der Waals surface area contributed by atoms with Gasteiger partial charge < -0.3 is 15.2 Å².